The zero-order chi connectivity index (χ0) is 30.1. The van der Waals surface area contributed by atoms with Crippen LogP contribution in [0.15, 0.2) is 101 Å². The van der Waals surface area contributed by atoms with Crippen molar-refractivity contribution in [3.8, 4) is 17.2 Å². The maximum Gasteiger partial charge on any atom is 0.264 e. The third kappa shape index (κ3) is 7.67. The Kier molecular flexibility index (Phi) is 9.82. The van der Waals surface area contributed by atoms with Gasteiger partial charge < -0.3 is 14.2 Å². The number of aryl methyl sites for hydroxylation is 2. The van der Waals surface area contributed by atoms with E-state index in [0.717, 1.165) is 26.6 Å². The van der Waals surface area contributed by atoms with Crippen LogP contribution in [0, 0.1) is 13.8 Å². The fourth-order valence-corrected chi connectivity index (χ4v) is 5.67. The second-order valence-electron chi connectivity index (χ2n) is 9.51. The average molecular weight is 588 g/mol. The number of amides is 1. The van der Waals surface area contributed by atoms with Gasteiger partial charge in [0.25, 0.3) is 15.9 Å². The molecule has 0 spiro atoms. The van der Waals surface area contributed by atoms with Crippen molar-refractivity contribution in [1.29, 1.82) is 0 Å². The lowest BCUT2D eigenvalue weighted by Gasteiger charge is -2.25. The number of sulfonamides is 1. The molecule has 42 heavy (non-hydrogen) atoms. The van der Waals surface area contributed by atoms with Crippen LogP contribution in [-0.4, -0.2) is 41.3 Å². The summed E-state index contributed by atoms with van der Waals surface area (Å²) in [5.74, 6) is 0.725. The van der Waals surface area contributed by atoms with Gasteiger partial charge in [-0.25, -0.2) is 13.8 Å². The molecule has 0 bridgehead atoms. The Bertz CT molecular complexity index is 1640. The van der Waals surface area contributed by atoms with Gasteiger partial charge in [-0.2, -0.15) is 5.10 Å². The van der Waals surface area contributed by atoms with E-state index < -0.39 is 22.5 Å². The molecule has 0 unspecified atom stereocenters. The van der Waals surface area contributed by atoms with Gasteiger partial charge in [0.2, 0.25) is 0 Å². The van der Waals surface area contributed by atoms with Crippen molar-refractivity contribution in [1.82, 2.24) is 5.43 Å². The minimum Gasteiger partial charge on any atom is -0.493 e. The molecule has 0 aliphatic carbocycles. The van der Waals surface area contributed by atoms with Crippen molar-refractivity contribution >= 4 is 27.8 Å². The molecule has 0 aliphatic rings. The van der Waals surface area contributed by atoms with Gasteiger partial charge in [0, 0.05) is 6.07 Å². The lowest BCUT2D eigenvalue weighted by molar-refractivity contribution is -0.119. The number of nitrogens with one attached hydrogen (secondary N) is 1. The van der Waals surface area contributed by atoms with Crippen molar-refractivity contribution in [2.75, 3.05) is 25.1 Å². The second kappa shape index (κ2) is 13.7. The summed E-state index contributed by atoms with van der Waals surface area (Å²) in [5.41, 5.74) is 6.29. The molecule has 0 aliphatic heterocycles. The van der Waals surface area contributed by atoms with Gasteiger partial charge >= 0.3 is 0 Å². The van der Waals surface area contributed by atoms with E-state index in [1.54, 1.807) is 24.3 Å². The molecule has 0 heterocycles. The molecule has 218 valence electrons. The molecule has 0 saturated carbocycles. The Morgan fingerprint density at radius 1 is 0.857 bits per heavy atom. The summed E-state index contributed by atoms with van der Waals surface area (Å²) >= 11 is 0. The molecule has 0 aromatic heterocycles. The maximum absolute atomic E-state index is 13.8. The smallest absolute Gasteiger partial charge is 0.264 e. The molecule has 10 heteroatoms. The van der Waals surface area contributed by atoms with Crippen LogP contribution in [0.2, 0.25) is 0 Å². The predicted molar refractivity (Wildman–Crippen MR) is 163 cm³/mol. The van der Waals surface area contributed by atoms with Crippen LogP contribution in [0.4, 0.5) is 5.69 Å². The third-order valence-electron chi connectivity index (χ3n) is 6.26. The fourth-order valence-electron chi connectivity index (χ4n) is 4.25. The van der Waals surface area contributed by atoms with Crippen LogP contribution in [0.3, 0.4) is 0 Å². The molecule has 0 atom stereocenters. The Labute approximate surface area is 246 Å². The van der Waals surface area contributed by atoms with Crippen molar-refractivity contribution in [2.45, 2.75) is 25.3 Å². The number of benzene rings is 4. The Morgan fingerprint density at radius 2 is 1.52 bits per heavy atom. The summed E-state index contributed by atoms with van der Waals surface area (Å²) < 4.78 is 45.0. The lowest BCUT2D eigenvalue weighted by atomic mass is 10.1. The van der Waals surface area contributed by atoms with E-state index in [4.69, 9.17) is 14.2 Å². The van der Waals surface area contributed by atoms with Crippen LogP contribution in [0.1, 0.15) is 22.3 Å². The first kappa shape index (κ1) is 30.1. The SMILES string of the molecule is COc1ccc(S(=O)(=O)N(CC(=O)N/N=C\c2ccc(OCc3ccccc3)cc2)c2cc(C)cc(C)c2)cc1OC. The minimum atomic E-state index is -4.18. The number of carbonyl (C=O) groups excluding carboxylic acids is 1. The van der Waals surface area contributed by atoms with Gasteiger partial charge in [0.1, 0.15) is 18.9 Å². The van der Waals surface area contributed by atoms with E-state index in [-0.39, 0.29) is 10.6 Å². The number of hydrogen-bond acceptors (Lipinski definition) is 7. The summed E-state index contributed by atoms with van der Waals surface area (Å²) in [6, 6.07) is 26.7. The number of carbonyl (C=O) groups is 1. The Balaban J connectivity index is 1.48. The van der Waals surface area contributed by atoms with Crippen LogP contribution >= 0.6 is 0 Å². The molecular weight excluding hydrogens is 554 g/mol. The number of nitrogens with zero attached hydrogens (tertiary/aromatic N) is 2. The predicted octanol–water partition coefficient (Wildman–Crippen LogP) is 5.25. The average Bonchev–Trinajstić information content (AvgIpc) is 2.99. The van der Waals surface area contributed by atoms with Gasteiger partial charge in [-0.15, -0.1) is 0 Å². The lowest BCUT2D eigenvalue weighted by Crippen LogP contribution is -2.39. The van der Waals surface area contributed by atoms with Crippen molar-refractivity contribution in [2.24, 2.45) is 5.10 Å². The Hall–Kier alpha value is -4.83. The van der Waals surface area contributed by atoms with Gasteiger partial charge in [0.15, 0.2) is 11.5 Å². The zero-order valence-electron chi connectivity index (χ0n) is 23.9. The molecule has 9 nitrogen and oxygen atoms in total. The standard InChI is InChI=1S/C32H33N3O6S/c1-23-16-24(2)18-27(17-23)35(42(37,38)29-14-15-30(39-3)31(19-29)40-4)21-32(36)34-33-20-25-10-12-28(13-11-25)41-22-26-8-6-5-7-9-26/h5-20H,21-22H2,1-4H3,(H,34,36)/b33-20-. The number of hydrazone groups is 1. The first-order valence-corrected chi connectivity index (χ1v) is 14.6. The number of rotatable bonds is 12. The highest BCUT2D eigenvalue weighted by Crippen LogP contribution is 2.32. The van der Waals surface area contributed by atoms with E-state index in [2.05, 4.69) is 10.5 Å². The van der Waals surface area contributed by atoms with Crippen molar-refractivity contribution in [3.05, 3.63) is 113 Å². The molecule has 0 fully saturated rings. The topological polar surface area (TPSA) is 107 Å². The fraction of sp³-hybridized carbons (Fsp3) is 0.188. The van der Waals surface area contributed by atoms with E-state index in [9.17, 15) is 13.2 Å². The van der Waals surface area contributed by atoms with Gasteiger partial charge in [-0.3, -0.25) is 9.10 Å². The molecule has 1 amide bonds. The number of ether oxygens (including phenoxy) is 3. The molecule has 4 aromatic carbocycles. The highest BCUT2D eigenvalue weighted by Gasteiger charge is 2.28. The van der Waals surface area contributed by atoms with E-state index in [1.165, 1.54) is 38.6 Å². The molecule has 4 rings (SSSR count). The second-order valence-corrected chi connectivity index (χ2v) is 11.4. The van der Waals surface area contributed by atoms with Crippen molar-refractivity contribution in [3.63, 3.8) is 0 Å². The summed E-state index contributed by atoms with van der Waals surface area (Å²) in [4.78, 5) is 12.9. The van der Waals surface area contributed by atoms with Crippen LogP contribution < -0.4 is 23.9 Å². The summed E-state index contributed by atoms with van der Waals surface area (Å²) in [6.07, 6.45) is 1.48. The van der Waals surface area contributed by atoms with Gasteiger partial charge in [-0.05, 0) is 84.6 Å². The highest BCUT2D eigenvalue weighted by molar-refractivity contribution is 7.92. The van der Waals surface area contributed by atoms with Gasteiger partial charge in [-0.1, -0.05) is 36.4 Å². The third-order valence-corrected chi connectivity index (χ3v) is 8.03. The number of hydrogen-bond donors (Lipinski definition) is 1. The summed E-state index contributed by atoms with van der Waals surface area (Å²) in [5, 5.41) is 4.03. The number of anilines is 1. The molecule has 1 N–H and O–H groups in total. The van der Waals surface area contributed by atoms with E-state index >= 15 is 0 Å². The molecule has 0 saturated heterocycles. The maximum atomic E-state index is 13.8. The monoisotopic (exact) mass is 587 g/mol. The normalized spacial score (nSPS) is 11.2. The Morgan fingerprint density at radius 3 is 2.17 bits per heavy atom. The van der Waals surface area contributed by atoms with E-state index in [0.29, 0.717) is 23.8 Å². The first-order valence-electron chi connectivity index (χ1n) is 13.1. The van der Waals surface area contributed by atoms with Crippen LogP contribution in [0.25, 0.3) is 0 Å². The molecule has 4 aromatic rings. The summed E-state index contributed by atoms with van der Waals surface area (Å²) in [7, 11) is -1.29. The van der Waals surface area contributed by atoms with Crippen molar-refractivity contribution < 1.29 is 27.4 Å². The highest BCUT2D eigenvalue weighted by atomic mass is 32.2. The quantitative estimate of drug-likeness (QED) is 0.179. The minimum absolute atomic E-state index is 0.0508. The van der Waals surface area contributed by atoms with Gasteiger partial charge in [0.05, 0.1) is 31.0 Å². The summed E-state index contributed by atoms with van der Waals surface area (Å²) in [6.45, 7) is 3.68. The first-order chi connectivity index (χ1) is 20.2. The van der Waals surface area contributed by atoms with Crippen LogP contribution in [0.5, 0.6) is 17.2 Å². The number of methoxy groups -OCH3 is 2. The zero-order valence-corrected chi connectivity index (χ0v) is 24.7. The molecule has 0 radical (unpaired) electrons. The van der Waals surface area contributed by atoms with E-state index in [1.807, 2.05) is 62.4 Å². The largest absolute Gasteiger partial charge is 0.493 e. The molecular formula is C32H33N3O6S. The van der Waals surface area contributed by atoms with Crippen LogP contribution in [-0.2, 0) is 21.4 Å².